The number of carbonyl (C=O) groups excluding carboxylic acids is 2. The Labute approximate surface area is 233 Å². The van der Waals surface area contributed by atoms with Gasteiger partial charge in [-0.3, -0.25) is 4.79 Å². The number of nitrogens with zero attached hydrogens (tertiary/aromatic N) is 3. The zero-order chi connectivity index (χ0) is 28.6. The van der Waals surface area contributed by atoms with Crippen molar-refractivity contribution in [2.75, 3.05) is 38.7 Å². The first-order valence-corrected chi connectivity index (χ1v) is 17.6. The zero-order valence-corrected chi connectivity index (χ0v) is 25.3. The van der Waals surface area contributed by atoms with Crippen molar-refractivity contribution in [3.8, 4) is 11.3 Å². The lowest BCUT2D eigenvalue weighted by atomic mass is 10.0. The van der Waals surface area contributed by atoms with Crippen LogP contribution in [-0.2, 0) is 21.0 Å². The molecule has 1 aliphatic rings. The minimum atomic E-state index is -1.24. The number of alkyl carbamates (subject to hydrolysis) is 1. The number of nitrogens with two attached hydrogens (primary N) is 1. The molecule has 1 fully saturated rings. The number of methoxy groups -OCH3 is 1. The van der Waals surface area contributed by atoms with Crippen LogP contribution in [0.25, 0.3) is 11.3 Å². The van der Waals surface area contributed by atoms with Gasteiger partial charge in [-0.05, 0) is 42.5 Å². The van der Waals surface area contributed by atoms with Crippen molar-refractivity contribution in [3.05, 3.63) is 36.3 Å². The number of nitrogens with one attached hydrogen (secondary N) is 2. The Morgan fingerprint density at radius 1 is 1.21 bits per heavy atom. The van der Waals surface area contributed by atoms with Gasteiger partial charge in [0.25, 0.3) is 0 Å². The Kier molecular flexibility index (Phi) is 11.0. The van der Waals surface area contributed by atoms with Crippen molar-refractivity contribution in [3.63, 3.8) is 0 Å². The smallest absolute Gasteiger partial charge is 0.407 e. The second-order valence-corrected chi connectivity index (χ2v) is 17.2. The predicted octanol–water partition coefficient (Wildman–Crippen LogP) is 4.28. The molecule has 0 unspecified atom stereocenters. The van der Waals surface area contributed by atoms with Crippen LogP contribution in [-0.4, -0.2) is 73.9 Å². The molecule has 2 atom stereocenters. The van der Waals surface area contributed by atoms with E-state index in [4.69, 9.17) is 20.2 Å². The highest BCUT2D eigenvalue weighted by Crippen LogP contribution is 2.35. The summed E-state index contributed by atoms with van der Waals surface area (Å²) in [7, 11) is 0.0598. The van der Waals surface area contributed by atoms with E-state index in [0.717, 1.165) is 41.7 Å². The van der Waals surface area contributed by atoms with Gasteiger partial charge in [-0.15, -0.1) is 0 Å². The molecule has 216 valence electrons. The van der Waals surface area contributed by atoms with E-state index >= 15 is 0 Å². The lowest BCUT2D eigenvalue weighted by molar-refractivity contribution is -0.135. The van der Waals surface area contributed by atoms with Crippen LogP contribution in [0.5, 0.6) is 0 Å². The van der Waals surface area contributed by atoms with Crippen molar-refractivity contribution in [2.24, 2.45) is 11.7 Å². The Balaban J connectivity index is 1.91. The largest absolute Gasteiger partial charge is 0.453 e. The highest BCUT2D eigenvalue weighted by atomic mass is 28.3. The molecule has 1 aromatic heterocycles. The number of likely N-dealkylation sites (tertiary alicyclic amines) is 1. The van der Waals surface area contributed by atoms with E-state index in [0.29, 0.717) is 33.0 Å². The van der Waals surface area contributed by atoms with Gasteiger partial charge in [0.1, 0.15) is 18.6 Å². The van der Waals surface area contributed by atoms with Crippen molar-refractivity contribution >= 4 is 25.8 Å². The van der Waals surface area contributed by atoms with E-state index in [-0.39, 0.29) is 17.9 Å². The molecular formula is C28H46N6O4Si. The fraction of sp³-hybridized carbons (Fsp3) is 0.607. The Morgan fingerprint density at radius 3 is 2.54 bits per heavy atom. The van der Waals surface area contributed by atoms with E-state index in [1.165, 1.54) is 7.11 Å². The highest BCUT2D eigenvalue weighted by Gasteiger charge is 2.38. The predicted molar refractivity (Wildman–Crippen MR) is 157 cm³/mol. The number of hydrogen-bond acceptors (Lipinski definition) is 7. The molecule has 2 aromatic rings. The molecule has 2 heterocycles. The molecule has 1 aromatic carbocycles. The average Bonchev–Trinajstić information content (AvgIpc) is 3.54. The number of hydrogen-bond donors (Lipinski definition) is 3. The minimum absolute atomic E-state index is 0.0931. The zero-order valence-electron chi connectivity index (χ0n) is 24.3. The first kappa shape index (κ1) is 30.6. The average molecular weight is 559 g/mol. The van der Waals surface area contributed by atoms with Crippen LogP contribution < -0.4 is 16.4 Å². The number of carbonyl (C=O) groups is 2. The summed E-state index contributed by atoms with van der Waals surface area (Å²) < 4.78 is 13.1. The molecule has 1 aliphatic heterocycles. The summed E-state index contributed by atoms with van der Waals surface area (Å²) >= 11 is 0. The standard InChI is InChI=1S/C28H46N6O4Si/c1-20(2)25(32-28(36)37-3)27(35)33-15-7-8-23(33)26-31-18-24(34(26)19-38-16-17-39(4,5)6)21-9-11-22(12-10-21)30-14-13-29/h9-12,18,20,23,25,30H,7-8,13-17,19,29H2,1-6H3,(H,32,36)/t23-,25-/m0/s1. The third-order valence-electron chi connectivity index (χ3n) is 6.98. The fourth-order valence-electron chi connectivity index (χ4n) is 4.71. The Bertz CT molecular complexity index is 1080. The molecule has 2 amide bonds. The molecule has 11 heteroatoms. The van der Waals surface area contributed by atoms with Crippen LogP contribution in [0.2, 0.25) is 25.7 Å². The third-order valence-corrected chi connectivity index (χ3v) is 8.69. The summed E-state index contributed by atoms with van der Waals surface area (Å²) in [5.74, 6) is 0.586. The Hall–Kier alpha value is -2.89. The lowest BCUT2D eigenvalue weighted by Gasteiger charge is -2.31. The van der Waals surface area contributed by atoms with Crippen LogP contribution in [0, 0.1) is 5.92 Å². The number of benzene rings is 1. The van der Waals surface area contributed by atoms with Crippen LogP contribution in [0.15, 0.2) is 30.5 Å². The monoisotopic (exact) mass is 558 g/mol. The number of imidazole rings is 1. The van der Waals surface area contributed by atoms with Crippen molar-refractivity contribution in [2.45, 2.75) is 71.2 Å². The molecule has 10 nitrogen and oxygen atoms in total. The quantitative estimate of drug-likeness (QED) is 0.248. The summed E-state index contributed by atoms with van der Waals surface area (Å²) in [5.41, 5.74) is 8.59. The van der Waals surface area contributed by atoms with E-state index in [2.05, 4.69) is 47.0 Å². The maximum Gasteiger partial charge on any atom is 0.407 e. The maximum atomic E-state index is 13.7. The summed E-state index contributed by atoms with van der Waals surface area (Å²) in [5, 5.41) is 6.02. The normalized spacial score (nSPS) is 16.4. The van der Waals surface area contributed by atoms with E-state index in [9.17, 15) is 9.59 Å². The first-order valence-electron chi connectivity index (χ1n) is 13.9. The molecular weight excluding hydrogens is 512 g/mol. The van der Waals surface area contributed by atoms with Crippen LogP contribution in [0.3, 0.4) is 0 Å². The number of aromatic nitrogens is 2. The third kappa shape index (κ3) is 8.30. The van der Waals surface area contributed by atoms with E-state index in [1.807, 2.05) is 37.1 Å². The second-order valence-electron chi connectivity index (χ2n) is 11.6. The van der Waals surface area contributed by atoms with Gasteiger partial charge in [0.05, 0.1) is 25.0 Å². The number of amides is 2. The van der Waals surface area contributed by atoms with Gasteiger partial charge in [0, 0.05) is 40.0 Å². The van der Waals surface area contributed by atoms with Gasteiger partial charge < -0.3 is 35.3 Å². The topological polar surface area (TPSA) is 124 Å². The summed E-state index contributed by atoms with van der Waals surface area (Å²) in [6.07, 6.45) is 2.91. The molecule has 0 spiro atoms. The maximum absolute atomic E-state index is 13.7. The van der Waals surface area contributed by atoms with Crippen LogP contribution in [0.1, 0.15) is 38.6 Å². The van der Waals surface area contributed by atoms with Crippen molar-refractivity contribution in [1.29, 1.82) is 0 Å². The molecule has 0 aliphatic carbocycles. The Morgan fingerprint density at radius 2 is 1.92 bits per heavy atom. The fourth-order valence-corrected chi connectivity index (χ4v) is 5.47. The minimum Gasteiger partial charge on any atom is -0.453 e. The number of anilines is 1. The SMILES string of the molecule is COC(=O)N[C@H](C(=O)N1CCC[C@H]1c1ncc(-c2ccc(NCCN)cc2)n1COCC[Si](C)(C)C)C(C)C. The van der Waals surface area contributed by atoms with Gasteiger partial charge in [-0.2, -0.15) is 0 Å². The van der Waals surface area contributed by atoms with E-state index in [1.54, 1.807) is 0 Å². The van der Waals surface area contributed by atoms with Gasteiger partial charge >= 0.3 is 6.09 Å². The summed E-state index contributed by atoms with van der Waals surface area (Å²) in [4.78, 5) is 32.3. The summed E-state index contributed by atoms with van der Waals surface area (Å²) in [6.45, 7) is 13.8. The molecule has 4 N–H and O–H groups in total. The molecule has 39 heavy (non-hydrogen) atoms. The first-order chi connectivity index (χ1) is 18.6. The van der Waals surface area contributed by atoms with E-state index < -0.39 is 20.2 Å². The molecule has 0 saturated carbocycles. The van der Waals surface area contributed by atoms with Gasteiger partial charge in [-0.25, -0.2) is 9.78 Å². The van der Waals surface area contributed by atoms with Crippen LogP contribution >= 0.6 is 0 Å². The number of ether oxygens (including phenoxy) is 2. The van der Waals surface area contributed by atoms with Crippen LogP contribution in [0.4, 0.5) is 10.5 Å². The molecule has 3 rings (SSSR count). The highest BCUT2D eigenvalue weighted by molar-refractivity contribution is 6.76. The van der Waals surface area contributed by atoms with Crippen molar-refractivity contribution < 1.29 is 19.1 Å². The molecule has 1 saturated heterocycles. The van der Waals surface area contributed by atoms with Gasteiger partial charge in [0.15, 0.2) is 0 Å². The van der Waals surface area contributed by atoms with Crippen molar-refractivity contribution in [1.82, 2.24) is 19.8 Å². The lowest BCUT2D eigenvalue weighted by Crippen LogP contribution is -2.51. The van der Waals surface area contributed by atoms with Gasteiger partial charge in [0.2, 0.25) is 5.91 Å². The van der Waals surface area contributed by atoms with Gasteiger partial charge in [-0.1, -0.05) is 45.6 Å². The second kappa shape index (κ2) is 13.9. The number of rotatable bonds is 13. The summed E-state index contributed by atoms with van der Waals surface area (Å²) in [6, 6.07) is 8.36. The molecule has 0 bridgehead atoms. The molecule has 0 radical (unpaired) electrons.